The number of hydrogen-bond donors (Lipinski definition) is 3. The second kappa shape index (κ2) is 4.50. The zero-order valence-electron chi connectivity index (χ0n) is 9.17. The minimum Gasteiger partial charge on any atom is -0.341 e. The van der Waals surface area contributed by atoms with Crippen LogP contribution in [0.2, 0.25) is 0 Å². The molecule has 3 N–H and O–H groups in total. The Labute approximate surface area is 103 Å². The molecular weight excluding hydrogens is 240 g/mol. The normalized spacial score (nSPS) is 22.4. The van der Waals surface area contributed by atoms with Crippen molar-refractivity contribution in [2.24, 2.45) is 0 Å². The molecule has 1 aromatic rings. The van der Waals surface area contributed by atoms with E-state index in [1.165, 1.54) is 4.68 Å². The minimum absolute atomic E-state index is 0.279. The summed E-state index contributed by atoms with van der Waals surface area (Å²) >= 11 is 5.06. The van der Waals surface area contributed by atoms with E-state index in [0.717, 1.165) is 0 Å². The van der Waals surface area contributed by atoms with Gasteiger partial charge in [-0.1, -0.05) is 28.5 Å². The lowest BCUT2D eigenvalue weighted by molar-refractivity contribution is 0.210. The summed E-state index contributed by atoms with van der Waals surface area (Å²) in [4.78, 5) is 11.5. The van der Waals surface area contributed by atoms with Gasteiger partial charge >= 0.3 is 6.03 Å². The number of tetrazole rings is 1. The van der Waals surface area contributed by atoms with Crippen molar-refractivity contribution in [3.05, 3.63) is 29.1 Å². The molecule has 1 aliphatic rings. The van der Waals surface area contributed by atoms with Crippen LogP contribution in [0.5, 0.6) is 0 Å². The van der Waals surface area contributed by atoms with E-state index in [-0.39, 0.29) is 10.8 Å². The highest BCUT2D eigenvalue weighted by molar-refractivity contribution is 7.71. The molecule has 0 radical (unpaired) electrons. The maximum absolute atomic E-state index is 11.5. The monoisotopic (exact) mass is 252 g/mol. The summed E-state index contributed by atoms with van der Waals surface area (Å²) in [7, 11) is 1.55. The lowest BCUT2D eigenvalue weighted by atomic mass is 10.0. The van der Waals surface area contributed by atoms with Crippen LogP contribution in [-0.2, 0) is 5.66 Å². The molecule has 7 nitrogen and oxygen atoms in total. The van der Waals surface area contributed by atoms with Crippen molar-refractivity contribution in [2.45, 2.75) is 12.1 Å². The smallest absolute Gasteiger partial charge is 0.316 e. The van der Waals surface area contributed by atoms with Gasteiger partial charge in [-0.25, -0.2) is 9.48 Å². The highest BCUT2D eigenvalue weighted by Gasteiger charge is 2.32. The van der Waals surface area contributed by atoms with Gasteiger partial charge in [0.1, 0.15) is 0 Å². The molecule has 2 amide bonds. The average molecular weight is 252 g/mol. The molecular formula is C9H12N6OS. The number of aromatic amines is 1. The third-order valence-electron chi connectivity index (χ3n) is 2.48. The Morgan fingerprint density at radius 3 is 3.00 bits per heavy atom. The van der Waals surface area contributed by atoms with Crippen molar-refractivity contribution in [2.75, 3.05) is 7.05 Å². The number of hydrogen-bond acceptors (Lipinski definition) is 4. The van der Waals surface area contributed by atoms with Crippen LogP contribution in [0.25, 0.3) is 0 Å². The lowest BCUT2D eigenvalue weighted by Crippen LogP contribution is -2.52. The Kier molecular flexibility index (Phi) is 3.05. The van der Waals surface area contributed by atoms with Crippen molar-refractivity contribution in [3.8, 4) is 0 Å². The molecule has 1 aromatic heterocycles. The zero-order chi connectivity index (χ0) is 12.3. The van der Waals surface area contributed by atoms with Gasteiger partial charge in [-0.2, -0.15) is 5.21 Å². The summed E-state index contributed by atoms with van der Waals surface area (Å²) in [6.07, 6.45) is 8.06. The Morgan fingerprint density at radius 1 is 1.65 bits per heavy atom. The number of nitrogens with zero attached hydrogens (tertiary/aromatic N) is 3. The van der Waals surface area contributed by atoms with Crippen molar-refractivity contribution >= 4 is 18.2 Å². The maximum atomic E-state index is 11.5. The number of rotatable bonds is 2. The van der Waals surface area contributed by atoms with E-state index in [4.69, 9.17) is 12.2 Å². The van der Waals surface area contributed by atoms with Crippen LogP contribution in [0.15, 0.2) is 24.3 Å². The average Bonchev–Trinajstić information content (AvgIpc) is 2.77. The Hall–Kier alpha value is -1.96. The highest BCUT2D eigenvalue weighted by atomic mass is 32.1. The van der Waals surface area contributed by atoms with Crippen molar-refractivity contribution in [1.29, 1.82) is 0 Å². The van der Waals surface area contributed by atoms with Gasteiger partial charge in [0.2, 0.25) is 4.77 Å². The van der Waals surface area contributed by atoms with Gasteiger partial charge in [0, 0.05) is 13.5 Å². The molecule has 1 unspecified atom stereocenters. The Bertz CT molecular complexity index is 530. The predicted molar refractivity (Wildman–Crippen MR) is 63.7 cm³/mol. The number of aromatic nitrogens is 4. The summed E-state index contributed by atoms with van der Waals surface area (Å²) in [5.74, 6) is 0. The zero-order valence-corrected chi connectivity index (χ0v) is 9.99. The number of H-pyrrole nitrogens is 1. The molecule has 90 valence electrons. The van der Waals surface area contributed by atoms with Crippen LogP contribution in [-0.4, -0.2) is 33.3 Å². The van der Waals surface area contributed by atoms with Crippen LogP contribution in [0, 0.1) is 4.77 Å². The van der Waals surface area contributed by atoms with E-state index < -0.39 is 5.66 Å². The Balaban J connectivity index is 2.41. The molecule has 1 atom stereocenters. The molecule has 0 saturated carbocycles. The lowest BCUT2D eigenvalue weighted by Gasteiger charge is -2.32. The summed E-state index contributed by atoms with van der Waals surface area (Å²) in [5, 5.41) is 15.3. The second-order valence-corrected chi connectivity index (χ2v) is 3.90. The minimum atomic E-state index is -0.782. The van der Waals surface area contributed by atoms with Crippen molar-refractivity contribution in [3.63, 3.8) is 0 Å². The van der Waals surface area contributed by atoms with Gasteiger partial charge in [0.25, 0.3) is 0 Å². The van der Waals surface area contributed by atoms with Crippen LogP contribution >= 0.6 is 12.2 Å². The van der Waals surface area contributed by atoms with Gasteiger partial charge in [-0.3, -0.25) is 0 Å². The van der Waals surface area contributed by atoms with E-state index in [9.17, 15) is 4.79 Å². The topological polar surface area (TPSA) is 87.6 Å². The molecule has 0 fully saturated rings. The first-order chi connectivity index (χ1) is 8.18. The molecule has 0 aliphatic heterocycles. The van der Waals surface area contributed by atoms with E-state index >= 15 is 0 Å². The summed E-state index contributed by atoms with van der Waals surface area (Å²) in [6.45, 7) is 0. The number of nitrogens with one attached hydrogen (secondary N) is 3. The first-order valence-electron chi connectivity index (χ1n) is 5.03. The SMILES string of the molecule is CNC(=O)NC1(n2[nH]nnc2=S)C=CC=CC1. The summed E-state index contributed by atoms with van der Waals surface area (Å²) in [5.41, 5.74) is -0.782. The van der Waals surface area contributed by atoms with E-state index in [0.29, 0.717) is 6.42 Å². The number of urea groups is 1. The molecule has 0 spiro atoms. The first kappa shape index (κ1) is 11.5. The third kappa shape index (κ3) is 2.11. The number of allylic oxidation sites excluding steroid dienone is 2. The van der Waals surface area contributed by atoms with Gasteiger partial charge in [0.15, 0.2) is 5.66 Å². The largest absolute Gasteiger partial charge is 0.341 e. The van der Waals surface area contributed by atoms with Crippen LogP contribution in [0.4, 0.5) is 4.79 Å². The fourth-order valence-electron chi connectivity index (χ4n) is 1.64. The van der Waals surface area contributed by atoms with E-state index in [2.05, 4.69) is 26.2 Å². The Morgan fingerprint density at radius 2 is 2.47 bits per heavy atom. The maximum Gasteiger partial charge on any atom is 0.316 e. The van der Waals surface area contributed by atoms with E-state index in [1.807, 2.05) is 24.3 Å². The quantitative estimate of drug-likeness (QED) is 0.666. The van der Waals surface area contributed by atoms with Crippen molar-refractivity contribution in [1.82, 2.24) is 30.8 Å². The van der Waals surface area contributed by atoms with Crippen LogP contribution in [0.3, 0.4) is 0 Å². The first-order valence-corrected chi connectivity index (χ1v) is 5.44. The fraction of sp³-hybridized carbons (Fsp3) is 0.333. The van der Waals surface area contributed by atoms with Gasteiger partial charge in [-0.05, 0) is 18.3 Å². The summed E-state index contributed by atoms with van der Waals surface area (Å²) in [6, 6.07) is -0.304. The van der Waals surface area contributed by atoms with Gasteiger partial charge < -0.3 is 10.6 Å². The number of carbonyl (C=O) groups excluding carboxylic acids is 1. The number of carbonyl (C=O) groups is 1. The predicted octanol–water partition coefficient (Wildman–Crippen LogP) is 0.434. The standard InChI is InChI=1S/C9H12N6OS/c1-10-7(16)11-9(5-3-2-4-6-9)15-8(17)12-13-14-15/h2-5H,6H2,1H3,(H2,10,11,16)(H,12,14,17). The molecule has 8 heteroatoms. The van der Waals surface area contributed by atoms with E-state index in [1.54, 1.807) is 7.05 Å². The van der Waals surface area contributed by atoms with Crippen LogP contribution < -0.4 is 10.6 Å². The van der Waals surface area contributed by atoms with Crippen LogP contribution in [0.1, 0.15) is 6.42 Å². The summed E-state index contributed by atoms with van der Waals surface area (Å²) < 4.78 is 1.82. The molecule has 2 rings (SSSR count). The molecule has 17 heavy (non-hydrogen) atoms. The van der Waals surface area contributed by atoms with Gasteiger partial charge in [-0.15, -0.1) is 0 Å². The number of amides is 2. The molecule has 0 aromatic carbocycles. The second-order valence-electron chi connectivity index (χ2n) is 3.54. The third-order valence-corrected chi connectivity index (χ3v) is 2.74. The van der Waals surface area contributed by atoms with Crippen molar-refractivity contribution < 1.29 is 4.79 Å². The van der Waals surface area contributed by atoms with Gasteiger partial charge in [0.05, 0.1) is 0 Å². The highest BCUT2D eigenvalue weighted by Crippen LogP contribution is 2.22. The molecule has 1 heterocycles. The molecule has 1 aliphatic carbocycles. The molecule has 0 saturated heterocycles. The fourth-order valence-corrected chi connectivity index (χ4v) is 1.88. The molecule has 0 bridgehead atoms.